The highest BCUT2D eigenvalue weighted by atomic mass is 16.6. The third kappa shape index (κ3) is 6.12. The lowest BCUT2D eigenvalue weighted by Crippen LogP contribution is -2.49. The van der Waals surface area contributed by atoms with Gasteiger partial charge in [-0.3, -0.25) is 19.7 Å². The molecule has 2 aliphatic rings. The Hall–Kier alpha value is -3.66. The number of anilines is 3. The molecule has 0 bridgehead atoms. The fourth-order valence-electron chi connectivity index (χ4n) is 4.55. The molecule has 2 saturated heterocycles. The van der Waals surface area contributed by atoms with Crippen molar-refractivity contribution in [2.45, 2.75) is 20.3 Å². The van der Waals surface area contributed by atoms with Gasteiger partial charge in [0.15, 0.2) is 0 Å². The van der Waals surface area contributed by atoms with Crippen LogP contribution in [0, 0.1) is 16.0 Å². The van der Waals surface area contributed by atoms with Crippen LogP contribution in [0.2, 0.25) is 0 Å². The Balaban J connectivity index is 1.42. The average molecular weight is 496 g/mol. The third-order valence-electron chi connectivity index (χ3n) is 6.49. The van der Waals surface area contributed by atoms with Gasteiger partial charge in [0.2, 0.25) is 5.91 Å². The van der Waals surface area contributed by atoms with Gasteiger partial charge in [0.25, 0.3) is 11.6 Å². The molecule has 2 heterocycles. The predicted octanol–water partition coefficient (Wildman–Crippen LogP) is 3.38. The Kier molecular flexibility index (Phi) is 8.04. The van der Waals surface area contributed by atoms with Crippen LogP contribution in [0.25, 0.3) is 0 Å². The van der Waals surface area contributed by atoms with Gasteiger partial charge >= 0.3 is 0 Å². The highest BCUT2D eigenvalue weighted by Gasteiger charge is 2.23. The third-order valence-corrected chi connectivity index (χ3v) is 6.49. The van der Waals surface area contributed by atoms with Gasteiger partial charge in [0.1, 0.15) is 0 Å². The number of rotatable bonds is 7. The van der Waals surface area contributed by atoms with Crippen LogP contribution >= 0.6 is 0 Å². The van der Waals surface area contributed by atoms with E-state index in [1.807, 2.05) is 34.1 Å². The van der Waals surface area contributed by atoms with E-state index in [2.05, 4.69) is 24.1 Å². The monoisotopic (exact) mass is 495 g/mol. The zero-order chi connectivity index (χ0) is 25.7. The summed E-state index contributed by atoms with van der Waals surface area (Å²) in [4.78, 5) is 42.5. The minimum absolute atomic E-state index is 0.126. The lowest BCUT2D eigenvalue weighted by molar-refractivity contribution is -0.384. The molecule has 0 atom stereocenters. The van der Waals surface area contributed by atoms with E-state index in [1.54, 1.807) is 6.07 Å². The van der Waals surface area contributed by atoms with Crippen LogP contribution in [-0.4, -0.2) is 74.1 Å². The van der Waals surface area contributed by atoms with Gasteiger partial charge in [-0.1, -0.05) is 13.8 Å². The molecule has 10 heteroatoms. The standard InChI is InChI=1S/C26H33N5O5/c1-19(2)17-25(32)30-11-9-28(10-12-30)21-5-3-20(4-6-21)27-26(33)23-18-22(31(34)35)7-8-24(23)29-13-15-36-16-14-29/h3-8,18-19H,9-17H2,1-2H3,(H,27,33). The number of non-ortho nitro benzene ring substituents is 1. The minimum Gasteiger partial charge on any atom is -0.378 e. The molecule has 0 aliphatic carbocycles. The second kappa shape index (κ2) is 11.4. The summed E-state index contributed by atoms with van der Waals surface area (Å²) in [5.74, 6) is 0.163. The predicted molar refractivity (Wildman–Crippen MR) is 139 cm³/mol. The quantitative estimate of drug-likeness (QED) is 0.463. The van der Waals surface area contributed by atoms with E-state index < -0.39 is 10.8 Å². The number of nitro groups is 1. The molecule has 0 spiro atoms. The number of benzene rings is 2. The molecule has 10 nitrogen and oxygen atoms in total. The number of nitrogens with one attached hydrogen (secondary N) is 1. The zero-order valence-corrected chi connectivity index (χ0v) is 20.8. The van der Waals surface area contributed by atoms with Crippen LogP contribution in [0.3, 0.4) is 0 Å². The highest BCUT2D eigenvalue weighted by molar-refractivity contribution is 6.08. The molecular weight excluding hydrogens is 462 g/mol. The van der Waals surface area contributed by atoms with Crippen molar-refractivity contribution in [3.63, 3.8) is 0 Å². The Morgan fingerprint density at radius 2 is 1.64 bits per heavy atom. The molecule has 36 heavy (non-hydrogen) atoms. The number of hydrogen-bond acceptors (Lipinski definition) is 7. The first-order valence-electron chi connectivity index (χ1n) is 12.4. The van der Waals surface area contributed by atoms with E-state index in [1.165, 1.54) is 12.1 Å². The minimum atomic E-state index is -0.495. The van der Waals surface area contributed by atoms with Gasteiger partial charge in [-0.25, -0.2) is 0 Å². The van der Waals surface area contributed by atoms with E-state index in [0.717, 1.165) is 18.8 Å². The number of hydrogen-bond donors (Lipinski definition) is 1. The van der Waals surface area contributed by atoms with Crippen molar-refractivity contribution in [2.75, 3.05) is 67.6 Å². The first-order chi connectivity index (χ1) is 17.3. The SMILES string of the molecule is CC(C)CC(=O)N1CCN(c2ccc(NC(=O)c3cc([N+](=O)[O-])ccc3N3CCOCC3)cc2)CC1. The maximum Gasteiger partial charge on any atom is 0.270 e. The van der Waals surface area contributed by atoms with Gasteiger partial charge in [0.05, 0.1) is 29.4 Å². The molecule has 1 N–H and O–H groups in total. The average Bonchev–Trinajstić information content (AvgIpc) is 2.89. The number of morpholine rings is 1. The van der Waals surface area contributed by atoms with E-state index >= 15 is 0 Å². The van der Waals surface area contributed by atoms with E-state index in [9.17, 15) is 19.7 Å². The van der Waals surface area contributed by atoms with Crippen molar-refractivity contribution < 1.29 is 19.2 Å². The van der Waals surface area contributed by atoms with Crippen LogP contribution in [0.15, 0.2) is 42.5 Å². The molecule has 0 saturated carbocycles. The second-order valence-corrected chi connectivity index (χ2v) is 9.52. The van der Waals surface area contributed by atoms with Crippen molar-refractivity contribution in [1.82, 2.24) is 4.90 Å². The number of nitrogens with zero attached hydrogens (tertiary/aromatic N) is 4. The van der Waals surface area contributed by atoms with Gasteiger partial charge in [-0.05, 0) is 36.2 Å². The number of carbonyl (C=O) groups is 2. The summed E-state index contributed by atoms with van der Waals surface area (Å²) in [6.45, 7) is 9.32. The van der Waals surface area contributed by atoms with Gasteiger partial charge < -0.3 is 24.8 Å². The van der Waals surface area contributed by atoms with Crippen molar-refractivity contribution in [1.29, 1.82) is 0 Å². The summed E-state index contributed by atoms with van der Waals surface area (Å²) in [5.41, 5.74) is 2.42. The Bertz CT molecular complexity index is 1090. The largest absolute Gasteiger partial charge is 0.378 e. The number of piperazine rings is 1. The van der Waals surface area contributed by atoms with Crippen LogP contribution in [0.5, 0.6) is 0 Å². The maximum atomic E-state index is 13.2. The fraction of sp³-hybridized carbons (Fsp3) is 0.462. The molecule has 2 aromatic rings. The second-order valence-electron chi connectivity index (χ2n) is 9.52. The molecule has 2 fully saturated rings. The van der Waals surface area contributed by atoms with Crippen LogP contribution in [0.4, 0.5) is 22.7 Å². The van der Waals surface area contributed by atoms with Gasteiger partial charge in [-0.2, -0.15) is 0 Å². The number of ether oxygens (including phenoxy) is 1. The fourth-order valence-corrected chi connectivity index (χ4v) is 4.55. The zero-order valence-electron chi connectivity index (χ0n) is 20.8. The lowest BCUT2D eigenvalue weighted by Gasteiger charge is -2.36. The maximum absolute atomic E-state index is 13.2. The molecule has 0 radical (unpaired) electrons. The summed E-state index contributed by atoms with van der Waals surface area (Å²) in [6.07, 6.45) is 0.576. The van der Waals surface area contributed by atoms with E-state index in [-0.39, 0.29) is 17.2 Å². The molecule has 2 aromatic carbocycles. The van der Waals surface area contributed by atoms with Crippen molar-refractivity contribution in [3.8, 4) is 0 Å². The smallest absolute Gasteiger partial charge is 0.270 e. The summed E-state index contributed by atoms with van der Waals surface area (Å²) in [6, 6.07) is 11.9. The van der Waals surface area contributed by atoms with Crippen LogP contribution in [0.1, 0.15) is 30.6 Å². The molecule has 192 valence electrons. The lowest BCUT2D eigenvalue weighted by atomic mass is 10.1. The Labute approximate surface area is 211 Å². The highest BCUT2D eigenvalue weighted by Crippen LogP contribution is 2.28. The molecule has 2 amide bonds. The summed E-state index contributed by atoms with van der Waals surface area (Å²) < 4.78 is 5.40. The van der Waals surface area contributed by atoms with Crippen molar-refractivity contribution in [3.05, 3.63) is 58.1 Å². The summed E-state index contributed by atoms with van der Waals surface area (Å²) in [5, 5.41) is 14.2. The van der Waals surface area contributed by atoms with E-state index in [0.29, 0.717) is 63.1 Å². The van der Waals surface area contributed by atoms with Crippen molar-refractivity contribution >= 4 is 34.6 Å². The summed E-state index contributed by atoms with van der Waals surface area (Å²) >= 11 is 0. The Morgan fingerprint density at radius 3 is 2.25 bits per heavy atom. The topological polar surface area (TPSA) is 108 Å². The summed E-state index contributed by atoms with van der Waals surface area (Å²) in [7, 11) is 0. The van der Waals surface area contributed by atoms with Gasteiger partial charge in [0, 0.05) is 69.2 Å². The van der Waals surface area contributed by atoms with E-state index in [4.69, 9.17) is 4.74 Å². The Morgan fingerprint density at radius 1 is 0.972 bits per heavy atom. The molecule has 0 unspecified atom stereocenters. The first-order valence-corrected chi connectivity index (χ1v) is 12.4. The van der Waals surface area contributed by atoms with Crippen LogP contribution in [-0.2, 0) is 9.53 Å². The first kappa shape index (κ1) is 25.4. The molecule has 4 rings (SSSR count). The van der Waals surface area contributed by atoms with Gasteiger partial charge in [-0.15, -0.1) is 0 Å². The van der Waals surface area contributed by atoms with Crippen molar-refractivity contribution in [2.24, 2.45) is 5.92 Å². The molecule has 0 aromatic heterocycles. The number of nitro benzene ring substituents is 1. The molecule has 2 aliphatic heterocycles. The number of amides is 2. The molecular formula is C26H33N5O5. The van der Waals surface area contributed by atoms with Crippen LogP contribution < -0.4 is 15.1 Å². The normalized spacial score (nSPS) is 16.2. The number of carbonyl (C=O) groups excluding carboxylic acids is 2.